The fraction of sp³-hybridized carbons (Fsp3) is 0.556. The van der Waals surface area contributed by atoms with Crippen LogP contribution in [0.4, 0.5) is 0 Å². The molecule has 0 spiro atoms. The Hall–Kier alpha value is 0.0500. The van der Waals surface area contributed by atoms with E-state index in [0.29, 0.717) is 17.2 Å². The van der Waals surface area contributed by atoms with Crippen molar-refractivity contribution in [3.8, 4) is 0 Å². The summed E-state index contributed by atoms with van der Waals surface area (Å²) in [6.45, 7) is 2.31. The molecule has 4 nitrogen and oxygen atoms in total. The van der Waals surface area contributed by atoms with Crippen molar-refractivity contribution < 1.29 is 13.5 Å². The molecule has 1 aromatic rings. The molecule has 7 heteroatoms. The number of aliphatic hydroxyl groups excluding tert-OH is 1. The van der Waals surface area contributed by atoms with Crippen molar-refractivity contribution in [3.63, 3.8) is 0 Å². The summed E-state index contributed by atoms with van der Waals surface area (Å²) in [5.41, 5.74) is 0. The first-order valence-electron chi connectivity index (χ1n) is 4.81. The van der Waals surface area contributed by atoms with Gasteiger partial charge in [-0.15, -0.1) is 11.3 Å². The topological polar surface area (TPSA) is 66.4 Å². The van der Waals surface area contributed by atoms with Gasteiger partial charge in [-0.1, -0.05) is 6.92 Å². The summed E-state index contributed by atoms with van der Waals surface area (Å²) in [7, 11) is -3.40. The Labute approximate surface area is 108 Å². The van der Waals surface area contributed by atoms with Crippen LogP contribution in [0.1, 0.15) is 13.3 Å². The number of sulfonamides is 1. The van der Waals surface area contributed by atoms with E-state index >= 15 is 0 Å². The molecule has 0 aliphatic carbocycles. The second-order valence-corrected chi connectivity index (χ2v) is 7.98. The van der Waals surface area contributed by atoms with Gasteiger partial charge in [-0.3, -0.25) is 0 Å². The SMILES string of the molecule is CC(CCO)CNS(=O)(=O)c1ccc(Br)s1. The van der Waals surface area contributed by atoms with E-state index in [1.54, 1.807) is 12.1 Å². The predicted octanol–water partition coefficient (Wildman–Crippen LogP) is 1.81. The van der Waals surface area contributed by atoms with Crippen LogP contribution in [-0.2, 0) is 10.0 Å². The highest BCUT2D eigenvalue weighted by Gasteiger charge is 2.16. The third-order valence-corrected chi connectivity index (χ3v) is 5.60. The molecule has 1 aromatic heterocycles. The molecule has 0 aliphatic rings. The summed E-state index contributed by atoms with van der Waals surface area (Å²) >= 11 is 4.40. The number of thiophene rings is 1. The van der Waals surface area contributed by atoms with E-state index in [0.717, 1.165) is 3.79 Å². The number of rotatable bonds is 6. The fourth-order valence-corrected chi connectivity index (χ4v) is 4.31. The largest absolute Gasteiger partial charge is 0.396 e. The maximum absolute atomic E-state index is 11.8. The summed E-state index contributed by atoms with van der Waals surface area (Å²) in [5, 5.41) is 8.71. The Kier molecular flexibility index (Phi) is 5.39. The molecule has 0 saturated carbocycles. The summed E-state index contributed by atoms with van der Waals surface area (Å²) in [4.78, 5) is 0. The van der Waals surface area contributed by atoms with E-state index in [2.05, 4.69) is 20.7 Å². The minimum Gasteiger partial charge on any atom is -0.396 e. The van der Waals surface area contributed by atoms with Gasteiger partial charge in [0.05, 0.1) is 3.79 Å². The van der Waals surface area contributed by atoms with Crippen molar-refractivity contribution in [1.29, 1.82) is 0 Å². The van der Waals surface area contributed by atoms with Crippen LogP contribution in [0.15, 0.2) is 20.1 Å². The van der Waals surface area contributed by atoms with Gasteiger partial charge in [-0.25, -0.2) is 13.1 Å². The molecule has 1 unspecified atom stereocenters. The van der Waals surface area contributed by atoms with E-state index < -0.39 is 10.0 Å². The maximum Gasteiger partial charge on any atom is 0.250 e. The number of nitrogens with one attached hydrogen (secondary N) is 1. The Morgan fingerprint density at radius 1 is 1.56 bits per heavy atom. The van der Waals surface area contributed by atoms with Gasteiger partial charge in [-0.2, -0.15) is 0 Å². The van der Waals surface area contributed by atoms with Crippen LogP contribution >= 0.6 is 27.3 Å². The smallest absolute Gasteiger partial charge is 0.250 e. The zero-order valence-electron chi connectivity index (χ0n) is 8.81. The minimum absolute atomic E-state index is 0.0768. The number of halogens is 1. The highest BCUT2D eigenvalue weighted by atomic mass is 79.9. The van der Waals surface area contributed by atoms with Crippen molar-refractivity contribution in [2.75, 3.05) is 13.2 Å². The van der Waals surface area contributed by atoms with Crippen LogP contribution < -0.4 is 4.72 Å². The lowest BCUT2D eigenvalue weighted by Crippen LogP contribution is -2.28. The van der Waals surface area contributed by atoms with Gasteiger partial charge in [-0.05, 0) is 40.4 Å². The van der Waals surface area contributed by atoms with E-state index in [4.69, 9.17) is 5.11 Å². The van der Waals surface area contributed by atoms with Crippen molar-refractivity contribution in [3.05, 3.63) is 15.9 Å². The van der Waals surface area contributed by atoms with Crippen molar-refractivity contribution in [2.45, 2.75) is 17.6 Å². The molecule has 0 saturated heterocycles. The van der Waals surface area contributed by atoms with Crippen molar-refractivity contribution in [2.24, 2.45) is 5.92 Å². The molecule has 16 heavy (non-hydrogen) atoms. The number of hydrogen-bond donors (Lipinski definition) is 2. The zero-order chi connectivity index (χ0) is 12.2. The monoisotopic (exact) mass is 327 g/mol. The number of hydrogen-bond acceptors (Lipinski definition) is 4. The quantitative estimate of drug-likeness (QED) is 0.837. The van der Waals surface area contributed by atoms with Crippen LogP contribution in [0.25, 0.3) is 0 Å². The first-order valence-corrected chi connectivity index (χ1v) is 7.91. The molecule has 0 bridgehead atoms. The standard InChI is InChI=1S/C9H14BrNO3S2/c1-7(4-5-12)6-11-16(13,14)9-3-2-8(10)15-9/h2-3,7,11-12H,4-6H2,1H3. The molecule has 2 N–H and O–H groups in total. The van der Waals surface area contributed by atoms with Gasteiger partial charge in [0, 0.05) is 13.2 Å². The first-order chi connectivity index (χ1) is 7.45. The highest BCUT2D eigenvalue weighted by Crippen LogP contribution is 2.25. The summed E-state index contributed by atoms with van der Waals surface area (Å²) in [6, 6.07) is 3.27. The van der Waals surface area contributed by atoms with Crippen LogP contribution in [0, 0.1) is 5.92 Å². The molecule has 1 rings (SSSR count). The summed E-state index contributed by atoms with van der Waals surface area (Å²) < 4.78 is 27.2. The Bertz CT molecular complexity index is 430. The van der Waals surface area contributed by atoms with Gasteiger partial charge in [0.25, 0.3) is 0 Å². The molecule has 0 fully saturated rings. The fourth-order valence-electron chi connectivity index (χ4n) is 1.09. The van der Waals surface area contributed by atoms with Gasteiger partial charge in [0.15, 0.2) is 0 Å². The van der Waals surface area contributed by atoms with Gasteiger partial charge < -0.3 is 5.11 Å². The van der Waals surface area contributed by atoms with Crippen molar-refractivity contribution >= 4 is 37.3 Å². The molecule has 0 radical (unpaired) electrons. The van der Waals surface area contributed by atoms with E-state index in [1.165, 1.54) is 11.3 Å². The van der Waals surface area contributed by atoms with Crippen molar-refractivity contribution in [1.82, 2.24) is 4.72 Å². The first kappa shape index (κ1) is 14.1. The van der Waals surface area contributed by atoms with Crippen LogP contribution in [-0.4, -0.2) is 26.7 Å². The lowest BCUT2D eigenvalue weighted by molar-refractivity contribution is 0.263. The Balaban J connectivity index is 2.59. The molecule has 0 aliphatic heterocycles. The summed E-state index contributed by atoms with van der Waals surface area (Å²) in [6.07, 6.45) is 0.594. The lowest BCUT2D eigenvalue weighted by Gasteiger charge is -2.10. The third kappa shape index (κ3) is 4.14. The molecule has 1 heterocycles. The van der Waals surface area contributed by atoms with Crippen LogP contribution in [0.5, 0.6) is 0 Å². The molecule has 0 aromatic carbocycles. The van der Waals surface area contributed by atoms with E-state index in [-0.39, 0.29) is 12.5 Å². The van der Waals surface area contributed by atoms with Crippen LogP contribution in [0.2, 0.25) is 0 Å². The average Bonchev–Trinajstić information content (AvgIpc) is 2.63. The summed E-state index contributed by atoms with van der Waals surface area (Å²) in [5.74, 6) is 0.128. The van der Waals surface area contributed by atoms with Gasteiger partial charge >= 0.3 is 0 Å². The Morgan fingerprint density at radius 2 is 2.25 bits per heavy atom. The molecule has 0 amide bonds. The van der Waals surface area contributed by atoms with Gasteiger partial charge in [0.1, 0.15) is 4.21 Å². The average molecular weight is 328 g/mol. The zero-order valence-corrected chi connectivity index (χ0v) is 12.0. The number of aliphatic hydroxyl groups is 1. The normalized spacial score (nSPS) is 13.9. The highest BCUT2D eigenvalue weighted by molar-refractivity contribution is 9.11. The van der Waals surface area contributed by atoms with Gasteiger partial charge in [0.2, 0.25) is 10.0 Å². The van der Waals surface area contributed by atoms with E-state index in [1.807, 2.05) is 6.92 Å². The second kappa shape index (κ2) is 6.11. The predicted molar refractivity (Wildman–Crippen MR) is 68.1 cm³/mol. The molecule has 92 valence electrons. The molecular formula is C9H14BrNO3S2. The molecule has 1 atom stereocenters. The molecular weight excluding hydrogens is 314 g/mol. The van der Waals surface area contributed by atoms with E-state index in [9.17, 15) is 8.42 Å². The minimum atomic E-state index is -3.40. The maximum atomic E-state index is 11.8. The Morgan fingerprint density at radius 3 is 2.75 bits per heavy atom. The van der Waals surface area contributed by atoms with Crippen LogP contribution in [0.3, 0.4) is 0 Å². The second-order valence-electron chi connectivity index (χ2n) is 3.53. The lowest BCUT2D eigenvalue weighted by atomic mass is 10.1. The third-order valence-electron chi connectivity index (χ3n) is 2.06.